The Morgan fingerprint density at radius 2 is 2.27 bits per heavy atom. The predicted octanol–water partition coefficient (Wildman–Crippen LogP) is 1.99. The number of morpholine rings is 1. The molecule has 0 bridgehead atoms. The number of hydrogen-bond donors (Lipinski definition) is 1. The van der Waals surface area contributed by atoms with Gasteiger partial charge in [-0.25, -0.2) is 0 Å². The number of thiophene rings is 1. The molecule has 0 aliphatic carbocycles. The maximum absolute atomic E-state index is 5.45. The van der Waals surface area contributed by atoms with Crippen molar-refractivity contribution in [2.24, 2.45) is 4.99 Å². The number of ether oxygens (including phenoxy) is 1. The fourth-order valence-corrected chi connectivity index (χ4v) is 4.34. The third-order valence-corrected chi connectivity index (χ3v) is 5.86. The molecule has 0 radical (unpaired) electrons. The monoisotopic (exact) mass is 386 g/mol. The van der Waals surface area contributed by atoms with Gasteiger partial charge in [0.05, 0.1) is 17.0 Å². The predicted molar refractivity (Wildman–Crippen MR) is 94.6 cm³/mol. The van der Waals surface area contributed by atoms with Gasteiger partial charge in [-0.3, -0.25) is 9.89 Å². The van der Waals surface area contributed by atoms with Crippen molar-refractivity contribution in [3.05, 3.63) is 20.8 Å². The fraction of sp³-hybridized carbons (Fsp3) is 0.667. The van der Waals surface area contributed by atoms with Gasteiger partial charge in [-0.15, -0.1) is 11.3 Å². The van der Waals surface area contributed by atoms with Crippen LogP contribution in [-0.4, -0.2) is 68.2 Å². The first kappa shape index (κ1) is 16.2. The Bertz CT molecular complexity index is 515. The van der Waals surface area contributed by atoms with E-state index < -0.39 is 0 Å². The SMILES string of the molecule is CN=C(NCc1csc(Br)c1)N1CCC(N2CCOCC2)C1. The summed E-state index contributed by atoms with van der Waals surface area (Å²) in [5.74, 6) is 1.01. The average molecular weight is 387 g/mol. The number of nitrogens with zero attached hydrogens (tertiary/aromatic N) is 3. The van der Waals surface area contributed by atoms with E-state index in [1.807, 2.05) is 7.05 Å². The Hall–Kier alpha value is -0.630. The average Bonchev–Trinajstić information content (AvgIpc) is 3.18. The smallest absolute Gasteiger partial charge is 0.193 e. The van der Waals surface area contributed by atoms with E-state index in [0.29, 0.717) is 6.04 Å². The van der Waals surface area contributed by atoms with Crippen LogP contribution in [0.4, 0.5) is 0 Å². The van der Waals surface area contributed by atoms with E-state index >= 15 is 0 Å². The molecule has 3 heterocycles. The molecule has 2 aliphatic heterocycles. The van der Waals surface area contributed by atoms with Crippen molar-refractivity contribution >= 4 is 33.2 Å². The topological polar surface area (TPSA) is 40.1 Å². The van der Waals surface area contributed by atoms with Crippen LogP contribution >= 0.6 is 27.3 Å². The summed E-state index contributed by atoms with van der Waals surface area (Å²) in [6, 6.07) is 2.79. The molecule has 2 saturated heterocycles. The van der Waals surface area contributed by atoms with E-state index in [0.717, 1.165) is 51.9 Å². The third-order valence-electron chi connectivity index (χ3n) is 4.31. The zero-order valence-corrected chi connectivity index (χ0v) is 15.3. The number of hydrogen-bond acceptors (Lipinski definition) is 4. The normalized spacial score (nSPS) is 24.0. The van der Waals surface area contributed by atoms with Crippen LogP contribution in [0.2, 0.25) is 0 Å². The number of guanidine groups is 1. The molecule has 1 unspecified atom stereocenters. The van der Waals surface area contributed by atoms with Crippen molar-refractivity contribution in [1.82, 2.24) is 15.1 Å². The van der Waals surface area contributed by atoms with Crippen LogP contribution in [0.1, 0.15) is 12.0 Å². The van der Waals surface area contributed by atoms with Crippen molar-refractivity contribution in [1.29, 1.82) is 0 Å². The summed E-state index contributed by atoms with van der Waals surface area (Å²) in [5, 5.41) is 5.65. The maximum atomic E-state index is 5.45. The Balaban J connectivity index is 1.51. The van der Waals surface area contributed by atoms with Crippen LogP contribution in [0.5, 0.6) is 0 Å². The van der Waals surface area contributed by atoms with Gasteiger partial charge in [0, 0.05) is 45.8 Å². The van der Waals surface area contributed by atoms with Crippen LogP contribution < -0.4 is 5.32 Å². The molecule has 1 aromatic rings. The Kier molecular flexibility index (Phi) is 5.73. The van der Waals surface area contributed by atoms with Crippen LogP contribution in [0.15, 0.2) is 20.2 Å². The molecule has 3 rings (SSSR count). The molecule has 22 heavy (non-hydrogen) atoms. The molecule has 0 saturated carbocycles. The van der Waals surface area contributed by atoms with Gasteiger partial charge in [-0.2, -0.15) is 0 Å². The zero-order valence-electron chi connectivity index (χ0n) is 12.9. The van der Waals surface area contributed by atoms with Crippen molar-refractivity contribution < 1.29 is 4.74 Å². The molecule has 0 spiro atoms. The lowest BCUT2D eigenvalue weighted by atomic mass is 10.2. The molecule has 0 aromatic carbocycles. The van der Waals surface area contributed by atoms with Gasteiger partial charge in [0.25, 0.3) is 0 Å². The van der Waals surface area contributed by atoms with E-state index in [2.05, 4.69) is 47.5 Å². The standard InChI is InChI=1S/C15H23BrN4OS/c1-17-15(18-9-12-8-14(16)22-11-12)20-3-2-13(10-20)19-4-6-21-7-5-19/h8,11,13H,2-7,9-10H2,1H3,(H,17,18). The molecule has 2 aliphatic rings. The van der Waals surface area contributed by atoms with Gasteiger partial charge >= 0.3 is 0 Å². The van der Waals surface area contributed by atoms with E-state index in [1.54, 1.807) is 11.3 Å². The van der Waals surface area contributed by atoms with Crippen LogP contribution in [-0.2, 0) is 11.3 Å². The highest BCUT2D eigenvalue weighted by atomic mass is 79.9. The minimum absolute atomic E-state index is 0.637. The molecule has 1 atom stereocenters. The highest BCUT2D eigenvalue weighted by Crippen LogP contribution is 2.21. The van der Waals surface area contributed by atoms with Crippen LogP contribution in [0.3, 0.4) is 0 Å². The second kappa shape index (κ2) is 7.77. The number of aliphatic imine (C=N–C) groups is 1. The summed E-state index contributed by atoms with van der Waals surface area (Å²) >= 11 is 5.23. The van der Waals surface area contributed by atoms with Gasteiger partial charge in [-0.05, 0) is 39.4 Å². The maximum Gasteiger partial charge on any atom is 0.193 e. The Morgan fingerprint density at radius 1 is 1.45 bits per heavy atom. The third kappa shape index (κ3) is 4.01. The molecular weight excluding hydrogens is 364 g/mol. The second-order valence-electron chi connectivity index (χ2n) is 5.70. The molecule has 1 N–H and O–H groups in total. The molecule has 2 fully saturated rings. The quantitative estimate of drug-likeness (QED) is 0.636. The molecule has 0 amide bonds. The van der Waals surface area contributed by atoms with E-state index in [9.17, 15) is 0 Å². The van der Waals surface area contributed by atoms with E-state index in [4.69, 9.17) is 4.74 Å². The van der Waals surface area contributed by atoms with Crippen molar-refractivity contribution in [2.75, 3.05) is 46.4 Å². The highest BCUT2D eigenvalue weighted by molar-refractivity contribution is 9.11. The highest BCUT2D eigenvalue weighted by Gasteiger charge is 2.30. The molecular formula is C15H23BrN4OS. The van der Waals surface area contributed by atoms with E-state index in [-0.39, 0.29) is 0 Å². The van der Waals surface area contributed by atoms with Gasteiger partial charge in [-0.1, -0.05) is 0 Å². The van der Waals surface area contributed by atoms with Crippen LogP contribution in [0, 0.1) is 0 Å². The van der Waals surface area contributed by atoms with Crippen molar-refractivity contribution in [3.8, 4) is 0 Å². The molecule has 1 aromatic heterocycles. The zero-order chi connectivity index (χ0) is 15.4. The Morgan fingerprint density at radius 3 is 2.95 bits per heavy atom. The summed E-state index contributed by atoms with van der Waals surface area (Å²) in [4.78, 5) is 9.39. The summed E-state index contributed by atoms with van der Waals surface area (Å²) < 4.78 is 6.62. The van der Waals surface area contributed by atoms with Crippen molar-refractivity contribution in [2.45, 2.75) is 19.0 Å². The van der Waals surface area contributed by atoms with E-state index in [1.165, 1.54) is 15.8 Å². The fourth-order valence-electron chi connectivity index (χ4n) is 3.13. The summed E-state index contributed by atoms with van der Waals surface area (Å²) in [6.45, 7) is 6.84. The first-order chi connectivity index (χ1) is 10.8. The van der Waals surface area contributed by atoms with Gasteiger partial charge in [0.1, 0.15) is 0 Å². The Labute approximate surface area is 144 Å². The first-order valence-electron chi connectivity index (χ1n) is 7.76. The van der Waals surface area contributed by atoms with Crippen LogP contribution in [0.25, 0.3) is 0 Å². The molecule has 122 valence electrons. The number of halogens is 1. The van der Waals surface area contributed by atoms with Gasteiger partial charge < -0.3 is 15.0 Å². The lowest BCUT2D eigenvalue weighted by molar-refractivity contribution is 0.0195. The minimum Gasteiger partial charge on any atom is -0.379 e. The van der Waals surface area contributed by atoms with Crippen molar-refractivity contribution in [3.63, 3.8) is 0 Å². The lowest BCUT2D eigenvalue weighted by Gasteiger charge is -2.32. The number of likely N-dealkylation sites (tertiary alicyclic amines) is 1. The van der Waals surface area contributed by atoms with Gasteiger partial charge in [0.15, 0.2) is 5.96 Å². The summed E-state index contributed by atoms with van der Waals surface area (Å²) in [6.07, 6.45) is 1.21. The lowest BCUT2D eigenvalue weighted by Crippen LogP contribution is -2.46. The largest absolute Gasteiger partial charge is 0.379 e. The number of nitrogens with one attached hydrogen (secondary N) is 1. The van der Waals surface area contributed by atoms with Gasteiger partial charge in [0.2, 0.25) is 0 Å². The summed E-state index contributed by atoms with van der Waals surface area (Å²) in [5.41, 5.74) is 1.29. The molecule has 5 nitrogen and oxygen atoms in total. The summed E-state index contributed by atoms with van der Waals surface area (Å²) in [7, 11) is 1.87. The second-order valence-corrected chi connectivity index (χ2v) is 7.99. The molecule has 7 heteroatoms. The first-order valence-corrected chi connectivity index (χ1v) is 9.44. The number of rotatable bonds is 3. The minimum atomic E-state index is 0.637.